The van der Waals surface area contributed by atoms with Crippen LogP contribution < -0.4 is 5.56 Å². The van der Waals surface area contributed by atoms with Gasteiger partial charge in [0.05, 0.1) is 11.4 Å². The lowest BCUT2D eigenvalue weighted by atomic mass is 9.70. The molecule has 2 bridgehead atoms. The maximum Gasteiger partial charge on any atom is 0.275 e. The number of hydrogen-bond donors (Lipinski definition) is 0. The molecule has 2 aliphatic rings. The van der Waals surface area contributed by atoms with Gasteiger partial charge in [-0.15, -0.1) is 0 Å². The average Bonchev–Trinajstić information content (AvgIpc) is 3.13. The predicted octanol–water partition coefficient (Wildman–Crippen LogP) is 5.33. The summed E-state index contributed by atoms with van der Waals surface area (Å²) in [4.78, 5) is 13.6. The first-order valence-electron chi connectivity index (χ1n) is 10.3. The van der Waals surface area contributed by atoms with E-state index in [9.17, 15) is 4.79 Å². The van der Waals surface area contributed by atoms with Crippen LogP contribution in [0.1, 0.15) is 56.4 Å². The predicted molar refractivity (Wildman–Crippen MR) is 114 cm³/mol. The lowest BCUT2D eigenvalue weighted by Crippen LogP contribution is -2.35. The molecule has 0 saturated heterocycles. The monoisotopic (exact) mass is 372 g/mol. The van der Waals surface area contributed by atoms with E-state index in [-0.39, 0.29) is 16.4 Å². The zero-order valence-electron chi connectivity index (χ0n) is 17.4. The number of rotatable bonds is 2. The van der Waals surface area contributed by atoms with Crippen LogP contribution in [0.4, 0.5) is 0 Å². The second kappa shape index (κ2) is 5.50. The molecular formula is C25H28N2O. The Labute approximate surface area is 166 Å². The van der Waals surface area contributed by atoms with E-state index in [1.165, 1.54) is 16.8 Å². The molecule has 0 amide bonds. The first kappa shape index (κ1) is 17.5. The minimum absolute atomic E-state index is 0.0692. The summed E-state index contributed by atoms with van der Waals surface area (Å²) in [7, 11) is 2.06. The fourth-order valence-corrected chi connectivity index (χ4v) is 6.02. The minimum Gasteiger partial charge on any atom is -0.284 e. The van der Waals surface area contributed by atoms with E-state index in [1.807, 2.05) is 10.7 Å². The van der Waals surface area contributed by atoms with Crippen molar-refractivity contribution < 1.29 is 0 Å². The van der Waals surface area contributed by atoms with Gasteiger partial charge in [-0.3, -0.25) is 9.48 Å². The third-order valence-electron chi connectivity index (χ3n) is 7.95. The van der Waals surface area contributed by atoms with E-state index >= 15 is 0 Å². The number of aryl methyl sites for hydroxylation is 1. The van der Waals surface area contributed by atoms with E-state index in [0.717, 1.165) is 29.7 Å². The van der Waals surface area contributed by atoms with Gasteiger partial charge in [-0.05, 0) is 59.9 Å². The van der Waals surface area contributed by atoms with Crippen LogP contribution in [0, 0.1) is 12.3 Å². The summed E-state index contributed by atoms with van der Waals surface area (Å²) in [6.45, 7) is 9.17. The Hall–Kier alpha value is -2.55. The van der Waals surface area contributed by atoms with Crippen LogP contribution in [0.2, 0.25) is 0 Å². The van der Waals surface area contributed by atoms with Gasteiger partial charge < -0.3 is 0 Å². The van der Waals surface area contributed by atoms with Gasteiger partial charge in [0.1, 0.15) is 0 Å². The van der Waals surface area contributed by atoms with Crippen molar-refractivity contribution in [3.05, 3.63) is 75.7 Å². The van der Waals surface area contributed by atoms with E-state index < -0.39 is 0 Å². The van der Waals surface area contributed by atoms with Crippen LogP contribution in [-0.4, -0.2) is 9.36 Å². The Morgan fingerprint density at radius 2 is 1.79 bits per heavy atom. The van der Waals surface area contributed by atoms with Crippen molar-refractivity contribution in [2.45, 2.75) is 51.9 Å². The highest BCUT2D eigenvalue weighted by Gasteiger charge is 2.62. The summed E-state index contributed by atoms with van der Waals surface area (Å²) in [5.41, 5.74) is 7.25. The van der Waals surface area contributed by atoms with Crippen molar-refractivity contribution in [1.29, 1.82) is 0 Å². The molecular weight excluding hydrogens is 344 g/mol. The standard InChI is InChI=1S/C25H28N2O/c1-16-9-6-7-12-19(16)17-10-8-11-18(15-17)27-23(28)21-20-13-14-25(4,24(20,2)3)22(21)26(27)5/h6-12,15,20H,13-14H2,1-5H3. The van der Waals surface area contributed by atoms with Gasteiger partial charge in [-0.1, -0.05) is 57.2 Å². The maximum absolute atomic E-state index is 13.6. The van der Waals surface area contributed by atoms with Gasteiger partial charge in [0.2, 0.25) is 0 Å². The lowest BCUT2D eigenvalue weighted by Gasteiger charge is -2.36. The number of benzene rings is 2. The first-order valence-corrected chi connectivity index (χ1v) is 10.3. The van der Waals surface area contributed by atoms with Crippen LogP contribution in [0.15, 0.2) is 53.3 Å². The molecule has 3 aromatic rings. The smallest absolute Gasteiger partial charge is 0.275 e. The molecule has 2 aromatic carbocycles. The zero-order valence-corrected chi connectivity index (χ0v) is 17.4. The van der Waals surface area contributed by atoms with Crippen molar-refractivity contribution in [3.8, 4) is 16.8 Å². The largest absolute Gasteiger partial charge is 0.284 e. The van der Waals surface area contributed by atoms with Crippen molar-refractivity contribution in [3.63, 3.8) is 0 Å². The maximum atomic E-state index is 13.6. The molecule has 0 N–H and O–H groups in total. The molecule has 3 heteroatoms. The van der Waals surface area contributed by atoms with Gasteiger partial charge in [0.15, 0.2) is 0 Å². The Morgan fingerprint density at radius 3 is 2.50 bits per heavy atom. The van der Waals surface area contributed by atoms with Crippen LogP contribution in [0.3, 0.4) is 0 Å². The van der Waals surface area contributed by atoms with Crippen LogP contribution >= 0.6 is 0 Å². The second-order valence-electron chi connectivity index (χ2n) is 9.41. The topological polar surface area (TPSA) is 26.9 Å². The molecule has 2 atom stereocenters. The fourth-order valence-electron chi connectivity index (χ4n) is 6.02. The molecule has 2 unspecified atom stereocenters. The summed E-state index contributed by atoms with van der Waals surface area (Å²) in [5, 5.41) is 0. The quantitative estimate of drug-likeness (QED) is 0.597. The Balaban J connectivity index is 1.71. The molecule has 0 radical (unpaired) electrons. The summed E-state index contributed by atoms with van der Waals surface area (Å²) in [6, 6.07) is 16.8. The molecule has 3 nitrogen and oxygen atoms in total. The molecule has 1 heterocycles. The molecule has 0 spiro atoms. The van der Waals surface area contributed by atoms with Gasteiger partial charge in [-0.25, -0.2) is 4.68 Å². The summed E-state index contributed by atoms with van der Waals surface area (Å²) in [6.07, 6.45) is 2.29. The minimum atomic E-state index is 0.0692. The molecule has 5 rings (SSSR count). The van der Waals surface area contributed by atoms with E-state index in [0.29, 0.717) is 5.92 Å². The average molecular weight is 373 g/mol. The summed E-state index contributed by atoms with van der Waals surface area (Å²) < 4.78 is 4.02. The van der Waals surface area contributed by atoms with Crippen LogP contribution in [0.5, 0.6) is 0 Å². The highest BCUT2D eigenvalue weighted by atomic mass is 16.1. The molecule has 2 aliphatic carbocycles. The van der Waals surface area contributed by atoms with Gasteiger partial charge in [0.25, 0.3) is 5.56 Å². The highest BCUT2D eigenvalue weighted by molar-refractivity contribution is 5.69. The number of hydrogen-bond acceptors (Lipinski definition) is 1. The number of nitrogens with zero attached hydrogens (tertiary/aromatic N) is 2. The summed E-state index contributed by atoms with van der Waals surface area (Å²) >= 11 is 0. The third-order valence-corrected chi connectivity index (χ3v) is 7.95. The summed E-state index contributed by atoms with van der Waals surface area (Å²) in [5.74, 6) is 0.368. The van der Waals surface area contributed by atoms with Gasteiger partial charge in [0, 0.05) is 18.0 Å². The molecule has 1 aromatic heterocycles. The van der Waals surface area contributed by atoms with Crippen molar-refractivity contribution in [2.75, 3.05) is 0 Å². The van der Waals surface area contributed by atoms with Crippen LogP contribution in [0.25, 0.3) is 16.8 Å². The van der Waals surface area contributed by atoms with Crippen LogP contribution in [-0.2, 0) is 12.5 Å². The highest BCUT2D eigenvalue weighted by Crippen LogP contribution is 2.66. The molecule has 1 fully saturated rings. The fraction of sp³-hybridized carbons (Fsp3) is 0.400. The Morgan fingerprint density at radius 1 is 1.04 bits per heavy atom. The van der Waals surface area contributed by atoms with E-state index in [2.05, 4.69) is 81.9 Å². The molecule has 0 aliphatic heterocycles. The molecule has 144 valence electrons. The van der Waals surface area contributed by atoms with Crippen molar-refractivity contribution in [1.82, 2.24) is 9.36 Å². The van der Waals surface area contributed by atoms with Gasteiger partial charge in [-0.2, -0.15) is 0 Å². The normalized spacial score (nSPS) is 24.5. The lowest BCUT2D eigenvalue weighted by molar-refractivity contribution is 0.218. The van der Waals surface area contributed by atoms with Crippen molar-refractivity contribution in [2.24, 2.45) is 12.5 Å². The van der Waals surface area contributed by atoms with E-state index in [1.54, 1.807) is 0 Å². The first-order chi connectivity index (χ1) is 13.3. The van der Waals surface area contributed by atoms with E-state index in [4.69, 9.17) is 0 Å². The van der Waals surface area contributed by atoms with Gasteiger partial charge >= 0.3 is 0 Å². The Bertz CT molecular complexity index is 1160. The second-order valence-corrected chi connectivity index (χ2v) is 9.41. The SMILES string of the molecule is Cc1ccccc1-c1cccc(-n2c(=O)c3c(n2C)C2(C)CCC3C2(C)C)c1. The molecule has 1 saturated carbocycles. The molecule has 28 heavy (non-hydrogen) atoms. The third kappa shape index (κ3) is 1.97. The number of fused-ring (bicyclic) bond motifs is 5. The zero-order chi connectivity index (χ0) is 19.8. The van der Waals surface area contributed by atoms with Crippen molar-refractivity contribution >= 4 is 0 Å². The Kier molecular flexibility index (Phi) is 3.44. The number of aromatic nitrogens is 2.